The van der Waals surface area contributed by atoms with Gasteiger partial charge >= 0.3 is 0 Å². The minimum Gasteiger partial charge on any atom is -0.467 e. The molecule has 4 rings (SSSR count). The van der Waals surface area contributed by atoms with Crippen molar-refractivity contribution >= 4 is 17.5 Å². The molecular formula is C22H20ClFN2O4. The van der Waals surface area contributed by atoms with Crippen LogP contribution in [0.2, 0.25) is 5.02 Å². The maximum atomic E-state index is 13.8. The number of ether oxygens (including phenoxy) is 2. The molecule has 1 aliphatic rings. The van der Waals surface area contributed by atoms with Gasteiger partial charge in [0, 0.05) is 35.5 Å². The van der Waals surface area contributed by atoms with Crippen molar-refractivity contribution in [2.24, 2.45) is 0 Å². The van der Waals surface area contributed by atoms with E-state index < -0.39 is 0 Å². The van der Waals surface area contributed by atoms with Gasteiger partial charge < -0.3 is 19.2 Å². The van der Waals surface area contributed by atoms with Gasteiger partial charge in [-0.2, -0.15) is 0 Å². The minimum absolute atomic E-state index is 0.129. The molecule has 2 aromatic carbocycles. The fourth-order valence-electron chi connectivity index (χ4n) is 3.26. The fourth-order valence-corrected chi connectivity index (χ4v) is 3.39. The first-order valence-electron chi connectivity index (χ1n) is 9.57. The third kappa shape index (κ3) is 4.98. The molecule has 0 saturated heterocycles. The van der Waals surface area contributed by atoms with E-state index in [4.69, 9.17) is 25.5 Å². The Morgan fingerprint density at radius 2 is 2.03 bits per heavy atom. The van der Waals surface area contributed by atoms with Gasteiger partial charge in [0.2, 0.25) is 5.91 Å². The second kappa shape index (κ2) is 9.28. The highest BCUT2D eigenvalue weighted by molar-refractivity contribution is 6.30. The molecule has 0 aliphatic carbocycles. The largest absolute Gasteiger partial charge is 0.467 e. The van der Waals surface area contributed by atoms with Crippen LogP contribution in [0.3, 0.4) is 0 Å². The molecule has 1 aliphatic heterocycles. The van der Waals surface area contributed by atoms with Gasteiger partial charge in [0.05, 0.1) is 12.8 Å². The average Bonchev–Trinajstić information content (AvgIpc) is 3.22. The third-order valence-electron chi connectivity index (χ3n) is 4.72. The smallest absolute Gasteiger partial charge is 0.220 e. The molecule has 0 atom stereocenters. The second-order valence-corrected chi connectivity index (χ2v) is 7.33. The number of benzene rings is 2. The SMILES string of the molecule is O=C(CCc1ncc(-c2ccc(Cl)cc2)o1)NCCc1cc(F)cc2c1OCOC2. The molecule has 6 nitrogen and oxygen atoms in total. The topological polar surface area (TPSA) is 73.6 Å². The van der Waals surface area contributed by atoms with E-state index in [1.807, 2.05) is 12.1 Å². The first-order valence-corrected chi connectivity index (χ1v) is 9.95. The van der Waals surface area contributed by atoms with Gasteiger partial charge in [0.25, 0.3) is 0 Å². The number of oxazole rings is 1. The molecular weight excluding hydrogens is 411 g/mol. The summed E-state index contributed by atoms with van der Waals surface area (Å²) in [7, 11) is 0. The number of carbonyl (C=O) groups excluding carboxylic acids is 1. The van der Waals surface area contributed by atoms with Gasteiger partial charge in [-0.25, -0.2) is 9.37 Å². The summed E-state index contributed by atoms with van der Waals surface area (Å²) < 4.78 is 30.1. The number of aryl methyl sites for hydroxylation is 1. The zero-order chi connectivity index (χ0) is 20.9. The quantitative estimate of drug-likeness (QED) is 0.605. The lowest BCUT2D eigenvalue weighted by molar-refractivity contribution is -0.121. The van der Waals surface area contributed by atoms with Crippen molar-refractivity contribution in [2.75, 3.05) is 13.3 Å². The monoisotopic (exact) mass is 430 g/mol. The number of fused-ring (bicyclic) bond motifs is 1. The fraction of sp³-hybridized carbons (Fsp3) is 0.273. The number of halogens is 2. The minimum atomic E-state index is -0.343. The van der Waals surface area contributed by atoms with Crippen molar-refractivity contribution in [2.45, 2.75) is 25.9 Å². The van der Waals surface area contributed by atoms with E-state index in [9.17, 15) is 9.18 Å². The normalized spacial score (nSPS) is 12.9. The number of amides is 1. The summed E-state index contributed by atoms with van der Waals surface area (Å²) in [5.41, 5.74) is 2.27. The van der Waals surface area contributed by atoms with Gasteiger partial charge in [-0.3, -0.25) is 4.79 Å². The van der Waals surface area contributed by atoms with E-state index in [0.717, 1.165) is 5.56 Å². The molecule has 0 radical (unpaired) electrons. The highest BCUT2D eigenvalue weighted by atomic mass is 35.5. The van der Waals surface area contributed by atoms with Crippen LogP contribution in [-0.4, -0.2) is 24.2 Å². The van der Waals surface area contributed by atoms with E-state index >= 15 is 0 Å². The summed E-state index contributed by atoms with van der Waals surface area (Å²) in [4.78, 5) is 16.4. The van der Waals surface area contributed by atoms with Crippen LogP contribution in [0.5, 0.6) is 5.75 Å². The van der Waals surface area contributed by atoms with Crippen LogP contribution < -0.4 is 10.1 Å². The van der Waals surface area contributed by atoms with Crippen LogP contribution in [0.4, 0.5) is 4.39 Å². The lowest BCUT2D eigenvalue weighted by Gasteiger charge is -2.21. The molecule has 1 aromatic heterocycles. The first kappa shape index (κ1) is 20.4. The number of nitrogens with zero attached hydrogens (tertiary/aromatic N) is 1. The lowest BCUT2D eigenvalue weighted by Crippen LogP contribution is -2.26. The summed E-state index contributed by atoms with van der Waals surface area (Å²) >= 11 is 5.89. The van der Waals surface area contributed by atoms with Crippen molar-refractivity contribution in [1.82, 2.24) is 10.3 Å². The van der Waals surface area contributed by atoms with E-state index in [1.165, 1.54) is 12.1 Å². The Bertz CT molecular complexity index is 1040. The van der Waals surface area contributed by atoms with Crippen LogP contribution in [0.25, 0.3) is 11.3 Å². The van der Waals surface area contributed by atoms with Gasteiger partial charge in [0.15, 0.2) is 18.4 Å². The first-order chi connectivity index (χ1) is 14.6. The summed E-state index contributed by atoms with van der Waals surface area (Å²) in [5, 5.41) is 3.49. The third-order valence-corrected chi connectivity index (χ3v) is 4.97. The molecule has 3 aromatic rings. The van der Waals surface area contributed by atoms with Gasteiger partial charge in [0.1, 0.15) is 11.6 Å². The van der Waals surface area contributed by atoms with Crippen LogP contribution in [0.15, 0.2) is 47.0 Å². The molecule has 1 amide bonds. The van der Waals surface area contributed by atoms with Crippen LogP contribution in [0, 0.1) is 5.82 Å². The summed E-state index contributed by atoms with van der Waals surface area (Å²) in [6, 6.07) is 10.1. The molecule has 1 N–H and O–H groups in total. The van der Waals surface area contributed by atoms with E-state index in [2.05, 4.69) is 10.3 Å². The predicted octanol–water partition coefficient (Wildman–Crippen LogP) is 4.29. The van der Waals surface area contributed by atoms with E-state index in [-0.39, 0.29) is 24.9 Å². The molecule has 0 saturated carbocycles. The molecule has 0 fully saturated rings. The molecule has 2 heterocycles. The number of aromatic nitrogens is 1. The molecule has 30 heavy (non-hydrogen) atoms. The second-order valence-electron chi connectivity index (χ2n) is 6.89. The summed E-state index contributed by atoms with van der Waals surface area (Å²) in [6.07, 6.45) is 2.72. The van der Waals surface area contributed by atoms with Gasteiger partial charge in [-0.1, -0.05) is 11.6 Å². The zero-order valence-electron chi connectivity index (χ0n) is 16.1. The lowest BCUT2D eigenvalue weighted by atomic mass is 10.1. The van der Waals surface area contributed by atoms with Crippen molar-refractivity contribution in [3.05, 3.63) is 70.5 Å². The number of nitrogens with one attached hydrogen (secondary N) is 1. The Morgan fingerprint density at radius 1 is 1.20 bits per heavy atom. The molecule has 0 bridgehead atoms. The Labute approximate surface area is 178 Å². The van der Waals surface area contributed by atoms with Crippen molar-refractivity contribution < 1.29 is 23.1 Å². The van der Waals surface area contributed by atoms with Crippen molar-refractivity contribution in [3.8, 4) is 17.1 Å². The Kier molecular flexibility index (Phi) is 6.30. The van der Waals surface area contributed by atoms with Crippen molar-refractivity contribution in [3.63, 3.8) is 0 Å². The standard InChI is InChI=1S/C22H20ClFN2O4/c23-17-3-1-14(2-4-17)19-11-26-21(30-19)6-5-20(27)25-8-7-15-9-18(24)10-16-12-28-13-29-22(15)16/h1-4,9-11H,5-8,12-13H2,(H,25,27). The maximum Gasteiger partial charge on any atom is 0.220 e. The maximum absolute atomic E-state index is 13.8. The molecule has 0 unspecified atom stereocenters. The summed E-state index contributed by atoms with van der Waals surface area (Å²) in [5.74, 6) is 1.29. The molecule has 0 spiro atoms. The van der Waals surface area contributed by atoms with Gasteiger partial charge in [-0.05, 0) is 48.4 Å². The highest BCUT2D eigenvalue weighted by Gasteiger charge is 2.17. The van der Waals surface area contributed by atoms with Crippen LogP contribution in [-0.2, 0) is 29.0 Å². The Hall–Kier alpha value is -2.90. The number of carbonyl (C=O) groups is 1. The van der Waals surface area contributed by atoms with Gasteiger partial charge in [-0.15, -0.1) is 0 Å². The average molecular weight is 431 g/mol. The number of hydrogen-bond donors (Lipinski definition) is 1. The van der Waals surface area contributed by atoms with E-state index in [0.29, 0.717) is 59.5 Å². The van der Waals surface area contributed by atoms with Crippen LogP contribution >= 0.6 is 11.6 Å². The number of hydrogen-bond acceptors (Lipinski definition) is 5. The van der Waals surface area contributed by atoms with Crippen molar-refractivity contribution in [1.29, 1.82) is 0 Å². The summed E-state index contributed by atoms with van der Waals surface area (Å²) in [6.45, 7) is 0.841. The Morgan fingerprint density at radius 3 is 2.87 bits per heavy atom. The zero-order valence-corrected chi connectivity index (χ0v) is 16.9. The van der Waals surface area contributed by atoms with E-state index in [1.54, 1.807) is 18.3 Å². The number of rotatable bonds is 7. The van der Waals surface area contributed by atoms with Crippen LogP contribution in [0.1, 0.15) is 23.4 Å². The molecule has 156 valence electrons. The predicted molar refractivity (Wildman–Crippen MR) is 109 cm³/mol. The Balaban J connectivity index is 1.26. The highest BCUT2D eigenvalue weighted by Crippen LogP contribution is 2.29. The molecule has 8 heteroatoms.